The molecule has 0 amide bonds. The molecule has 0 saturated carbocycles. The smallest absolute Gasteiger partial charge is 0.0104 e. The zero-order chi connectivity index (χ0) is 12.9. The number of hydrogen-bond donors (Lipinski definition) is 1. The van der Waals surface area contributed by atoms with Gasteiger partial charge in [-0.25, -0.2) is 0 Å². The predicted octanol–water partition coefficient (Wildman–Crippen LogP) is 5.07. The molecule has 0 aromatic heterocycles. The summed E-state index contributed by atoms with van der Waals surface area (Å²) in [5, 5.41) is 3.64. The summed E-state index contributed by atoms with van der Waals surface area (Å²) in [5.74, 6) is 0. The van der Waals surface area contributed by atoms with Crippen LogP contribution in [-0.4, -0.2) is 12.6 Å². The molecule has 0 rings (SSSR count). The van der Waals surface area contributed by atoms with E-state index in [0.717, 1.165) is 13.0 Å². The van der Waals surface area contributed by atoms with Crippen molar-refractivity contribution in [3.05, 3.63) is 12.2 Å². The summed E-state index contributed by atoms with van der Waals surface area (Å²) in [7, 11) is 0. The quantitative estimate of drug-likeness (QED) is 0.370. The molecule has 0 aliphatic rings. The second-order valence-corrected chi connectivity index (χ2v) is 5.37. The van der Waals surface area contributed by atoms with Gasteiger partial charge in [0, 0.05) is 6.04 Å². The van der Waals surface area contributed by atoms with Gasteiger partial charge in [0.1, 0.15) is 0 Å². The SMILES string of the molecule is C=C(C)CC(CCCCCCCC)NCCC. The van der Waals surface area contributed by atoms with Gasteiger partial charge in [0.2, 0.25) is 0 Å². The molecule has 17 heavy (non-hydrogen) atoms. The van der Waals surface area contributed by atoms with Crippen molar-refractivity contribution in [1.82, 2.24) is 5.32 Å². The predicted molar refractivity (Wildman–Crippen MR) is 79.5 cm³/mol. The number of hydrogen-bond acceptors (Lipinski definition) is 1. The van der Waals surface area contributed by atoms with Crippen molar-refractivity contribution in [1.29, 1.82) is 0 Å². The lowest BCUT2D eigenvalue weighted by atomic mass is 10.0. The number of unbranched alkanes of at least 4 members (excludes halogenated alkanes) is 5. The van der Waals surface area contributed by atoms with Gasteiger partial charge in [0.05, 0.1) is 0 Å². The highest BCUT2D eigenvalue weighted by Gasteiger charge is 2.07. The molecule has 0 aliphatic heterocycles. The van der Waals surface area contributed by atoms with Crippen molar-refractivity contribution < 1.29 is 0 Å². The monoisotopic (exact) mass is 239 g/mol. The minimum absolute atomic E-state index is 0.665. The van der Waals surface area contributed by atoms with Gasteiger partial charge >= 0.3 is 0 Å². The van der Waals surface area contributed by atoms with Crippen LogP contribution in [0.25, 0.3) is 0 Å². The van der Waals surface area contributed by atoms with Gasteiger partial charge in [-0.15, -0.1) is 6.58 Å². The van der Waals surface area contributed by atoms with Crippen molar-refractivity contribution in [2.75, 3.05) is 6.54 Å². The van der Waals surface area contributed by atoms with Gasteiger partial charge < -0.3 is 5.32 Å². The standard InChI is InChI=1S/C16H33N/c1-5-7-8-9-10-11-12-16(14-15(3)4)17-13-6-2/h16-17H,3,5-14H2,1-2,4H3. The number of rotatable bonds is 12. The van der Waals surface area contributed by atoms with Crippen LogP contribution in [0, 0.1) is 0 Å². The summed E-state index contributed by atoms with van der Waals surface area (Å²) in [6, 6.07) is 0.665. The van der Waals surface area contributed by atoms with E-state index in [1.807, 2.05) is 0 Å². The van der Waals surface area contributed by atoms with Crippen LogP contribution in [0.15, 0.2) is 12.2 Å². The highest BCUT2D eigenvalue weighted by atomic mass is 14.9. The van der Waals surface area contributed by atoms with Crippen LogP contribution in [0.2, 0.25) is 0 Å². The first-order valence-electron chi connectivity index (χ1n) is 7.58. The van der Waals surface area contributed by atoms with Gasteiger partial charge in [-0.2, -0.15) is 0 Å². The number of nitrogens with one attached hydrogen (secondary N) is 1. The van der Waals surface area contributed by atoms with Crippen molar-refractivity contribution in [3.8, 4) is 0 Å². The topological polar surface area (TPSA) is 12.0 Å². The zero-order valence-electron chi connectivity index (χ0n) is 12.4. The molecule has 0 aliphatic carbocycles. The molecule has 0 spiro atoms. The summed E-state index contributed by atoms with van der Waals surface area (Å²) in [4.78, 5) is 0. The highest BCUT2D eigenvalue weighted by molar-refractivity contribution is 4.92. The minimum Gasteiger partial charge on any atom is -0.314 e. The third kappa shape index (κ3) is 12.0. The first-order valence-corrected chi connectivity index (χ1v) is 7.58. The molecule has 0 bridgehead atoms. The Balaban J connectivity index is 3.56. The molecule has 0 aromatic rings. The van der Waals surface area contributed by atoms with E-state index < -0.39 is 0 Å². The minimum atomic E-state index is 0.665. The maximum Gasteiger partial charge on any atom is 0.0104 e. The summed E-state index contributed by atoms with van der Waals surface area (Å²) in [5.41, 5.74) is 1.31. The van der Waals surface area contributed by atoms with E-state index in [9.17, 15) is 0 Å². The maximum atomic E-state index is 4.03. The van der Waals surface area contributed by atoms with Crippen LogP contribution in [0.5, 0.6) is 0 Å². The summed E-state index contributed by atoms with van der Waals surface area (Å²) >= 11 is 0. The fraction of sp³-hybridized carbons (Fsp3) is 0.875. The Hall–Kier alpha value is -0.300. The van der Waals surface area contributed by atoms with E-state index in [4.69, 9.17) is 0 Å². The average molecular weight is 239 g/mol. The molecule has 1 N–H and O–H groups in total. The Morgan fingerprint density at radius 3 is 2.24 bits per heavy atom. The molecule has 0 aromatic carbocycles. The molecule has 0 heterocycles. The molecule has 1 heteroatoms. The molecule has 1 atom stereocenters. The van der Waals surface area contributed by atoms with E-state index in [1.54, 1.807) is 0 Å². The fourth-order valence-corrected chi connectivity index (χ4v) is 2.22. The molecule has 1 nitrogen and oxygen atoms in total. The summed E-state index contributed by atoms with van der Waals surface area (Å²) in [6.07, 6.45) is 12.1. The largest absolute Gasteiger partial charge is 0.314 e. The molecule has 0 radical (unpaired) electrons. The summed E-state index contributed by atoms with van der Waals surface area (Å²) in [6.45, 7) is 11.8. The lowest BCUT2D eigenvalue weighted by molar-refractivity contribution is 0.449. The lowest BCUT2D eigenvalue weighted by Gasteiger charge is -2.18. The molecule has 0 fully saturated rings. The van der Waals surface area contributed by atoms with E-state index in [2.05, 4.69) is 32.7 Å². The molecule has 102 valence electrons. The second kappa shape index (κ2) is 12.2. The Morgan fingerprint density at radius 2 is 1.65 bits per heavy atom. The summed E-state index contributed by atoms with van der Waals surface area (Å²) < 4.78 is 0. The Bertz CT molecular complexity index is 174. The zero-order valence-corrected chi connectivity index (χ0v) is 12.4. The average Bonchev–Trinajstić information content (AvgIpc) is 2.29. The third-order valence-corrected chi connectivity index (χ3v) is 3.18. The Labute approximate surface area is 109 Å². The van der Waals surface area contributed by atoms with Crippen LogP contribution < -0.4 is 5.32 Å². The van der Waals surface area contributed by atoms with E-state index in [-0.39, 0.29) is 0 Å². The van der Waals surface area contributed by atoms with Crippen molar-refractivity contribution in [2.45, 2.75) is 84.6 Å². The molecule has 1 unspecified atom stereocenters. The van der Waals surface area contributed by atoms with Crippen LogP contribution >= 0.6 is 0 Å². The van der Waals surface area contributed by atoms with Gasteiger partial charge in [0.25, 0.3) is 0 Å². The Morgan fingerprint density at radius 1 is 1.00 bits per heavy atom. The van der Waals surface area contributed by atoms with Crippen molar-refractivity contribution in [2.24, 2.45) is 0 Å². The second-order valence-electron chi connectivity index (χ2n) is 5.37. The molecule has 0 saturated heterocycles. The van der Waals surface area contributed by atoms with Crippen LogP contribution in [0.3, 0.4) is 0 Å². The van der Waals surface area contributed by atoms with E-state index in [0.29, 0.717) is 6.04 Å². The fourth-order valence-electron chi connectivity index (χ4n) is 2.22. The van der Waals surface area contributed by atoms with Gasteiger partial charge in [0.15, 0.2) is 0 Å². The van der Waals surface area contributed by atoms with Crippen LogP contribution in [-0.2, 0) is 0 Å². The first-order chi connectivity index (χ1) is 8.20. The van der Waals surface area contributed by atoms with Crippen molar-refractivity contribution in [3.63, 3.8) is 0 Å². The van der Waals surface area contributed by atoms with Gasteiger partial charge in [-0.1, -0.05) is 57.9 Å². The van der Waals surface area contributed by atoms with E-state index in [1.165, 1.54) is 56.9 Å². The lowest BCUT2D eigenvalue weighted by Crippen LogP contribution is -2.29. The molecular weight excluding hydrogens is 206 g/mol. The first kappa shape index (κ1) is 16.7. The van der Waals surface area contributed by atoms with E-state index >= 15 is 0 Å². The van der Waals surface area contributed by atoms with Crippen LogP contribution in [0.1, 0.15) is 78.6 Å². The molecular formula is C16H33N. The third-order valence-electron chi connectivity index (χ3n) is 3.18. The van der Waals surface area contributed by atoms with Crippen molar-refractivity contribution >= 4 is 0 Å². The highest BCUT2D eigenvalue weighted by Crippen LogP contribution is 2.12. The van der Waals surface area contributed by atoms with Crippen LogP contribution in [0.4, 0.5) is 0 Å². The normalized spacial score (nSPS) is 12.6. The maximum absolute atomic E-state index is 4.03. The van der Waals surface area contributed by atoms with Gasteiger partial charge in [-0.05, 0) is 32.7 Å². The Kier molecular flexibility index (Phi) is 12.0. The van der Waals surface area contributed by atoms with Gasteiger partial charge in [-0.3, -0.25) is 0 Å².